The molecule has 0 aliphatic rings. The van der Waals surface area contributed by atoms with E-state index in [0.717, 1.165) is 28.3 Å². The summed E-state index contributed by atoms with van der Waals surface area (Å²) >= 11 is 5.29. The topological polar surface area (TPSA) is 48.9 Å². The zero-order chi connectivity index (χ0) is 18.4. The SMILES string of the molecule is COc1cc(N(C)C)ccc1/C=N/NC(=S)Nc1ccc(C)cc1C. The van der Waals surface area contributed by atoms with Crippen LogP contribution in [-0.4, -0.2) is 32.5 Å². The Bertz CT molecular complexity index is 787. The molecule has 0 heterocycles. The first-order chi connectivity index (χ1) is 11.9. The van der Waals surface area contributed by atoms with Crippen molar-refractivity contribution in [2.24, 2.45) is 5.10 Å². The number of nitrogens with one attached hydrogen (secondary N) is 2. The second-order valence-electron chi connectivity index (χ2n) is 5.96. The molecule has 0 saturated heterocycles. The summed E-state index contributed by atoms with van der Waals surface area (Å²) < 4.78 is 5.42. The van der Waals surface area contributed by atoms with Gasteiger partial charge in [-0.25, -0.2) is 0 Å². The van der Waals surface area contributed by atoms with Gasteiger partial charge in [0.2, 0.25) is 0 Å². The molecule has 2 N–H and O–H groups in total. The van der Waals surface area contributed by atoms with Gasteiger partial charge in [-0.15, -0.1) is 0 Å². The van der Waals surface area contributed by atoms with Crippen molar-refractivity contribution >= 4 is 34.9 Å². The zero-order valence-corrected chi connectivity index (χ0v) is 16.1. The highest BCUT2D eigenvalue weighted by atomic mass is 32.1. The summed E-state index contributed by atoms with van der Waals surface area (Å²) in [6, 6.07) is 12.1. The molecule has 0 aromatic heterocycles. The molecule has 0 aliphatic carbocycles. The Morgan fingerprint density at radius 2 is 1.92 bits per heavy atom. The molecule has 0 aliphatic heterocycles. The van der Waals surface area contributed by atoms with Crippen LogP contribution in [0.2, 0.25) is 0 Å². The number of aryl methyl sites for hydroxylation is 2. The van der Waals surface area contributed by atoms with Crippen LogP contribution in [0.15, 0.2) is 41.5 Å². The molecule has 0 saturated carbocycles. The van der Waals surface area contributed by atoms with Crippen LogP contribution in [0, 0.1) is 13.8 Å². The zero-order valence-electron chi connectivity index (χ0n) is 15.3. The van der Waals surface area contributed by atoms with Crippen LogP contribution in [0.4, 0.5) is 11.4 Å². The van der Waals surface area contributed by atoms with Gasteiger partial charge in [0.1, 0.15) is 5.75 Å². The van der Waals surface area contributed by atoms with Crippen LogP contribution in [0.3, 0.4) is 0 Å². The van der Waals surface area contributed by atoms with Crippen LogP contribution in [0.1, 0.15) is 16.7 Å². The predicted molar refractivity (Wildman–Crippen MR) is 110 cm³/mol. The normalized spacial score (nSPS) is 10.6. The lowest BCUT2D eigenvalue weighted by Crippen LogP contribution is -2.24. The van der Waals surface area contributed by atoms with Crippen molar-refractivity contribution < 1.29 is 4.74 Å². The van der Waals surface area contributed by atoms with Gasteiger partial charge in [-0.2, -0.15) is 5.10 Å². The smallest absolute Gasteiger partial charge is 0.191 e. The van der Waals surface area contributed by atoms with Crippen LogP contribution >= 0.6 is 12.2 Å². The number of methoxy groups -OCH3 is 1. The molecule has 132 valence electrons. The molecule has 0 fully saturated rings. The van der Waals surface area contributed by atoms with E-state index < -0.39 is 0 Å². The van der Waals surface area contributed by atoms with E-state index in [2.05, 4.69) is 28.8 Å². The summed E-state index contributed by atoms with van der Waals surface area (Å²) in [5.74, 6) is 0.755. The summed E-state index contributed by atoms with van der Waals surface area (Å²) in [4.78, 5) is 2.02. The van der Waals surface area contributed by atoms with E-state index in [9.17, 15) is 0 Å². The van der Waals surface area contributed by atoms with Gasteiger partial charge in [-0.05, 0) is 49.8 Å². The van der Waals surface area contributed by atoms with Crippen molar-refractivity contribution in [3.63, 3.8) is 0 Å². The number of anilines is 2. The Balaban J connectivity index is 2.01. The number of hydrogen-bond donors (Lipinski definition) is 2. The first-order valence-electron chi connectivity index (χ1n) is 7.93. The number of hydrazone groups is 1. The minimum Gasteiger partial charge on any atom is -0.496 e. The van der Waals surface area contributed by atoms with Crippen molar-refractivity contribution in [2.75, 3.05) is 31.4 Å². The van der Waals surface area contributed by atoms with Crippen LogP contribution in [0.25, 0.3) is 0 Å². The molecule has 2 rings (SSSR count). The molecule has 0 unspecified atom stereocenters. The van der Waals surface area contributed by atoms with Gasteiger partial charge in [-0.1, -0.05) is 17.7 Å². The first kappa shape index (κ1) is 18.7. The van der Waals surface area contributed by atoms with Gasteiger partial charge < -0.3 is 15.0 Å². The van der Waals surface area contributed by atoms with Gasteiger partial charge in [0.25, 0.3) is 0 Å². The molecular formula is C19H24N4OS. The summed E-state index contributed by atoms with van der Waals surface area (Å²) in [7, 11) is 5.62. The quantitative estimate of drug-likeness (QED) is 0.486. The number of nitrogens with zero attached hydrogens (tertiary/aromatic N) is 2. The third-order valence-electron chi connectivity index (χ3n) is 3.73. The average molecular weight is 356 g/mol. The van der Waals surface area contributed by atoms with Crippen LogP contribution < -0.4 is 20.4 Å². The predicted octanol–water partition coefficient (Wildman–Crippen LogP) is 3.70. The van der Waals surface area contributed by atoms with Crippen molar-refractivity contribution in [1.29, 1.82) is 0 Å². The maximum absolute atomic E-state index is 5.42. The van der Waals surface area contributed by atoms with Gasteiger partial charge in [-0.3, -0.25) is 5.43 Å². The lowest BCUT2D eigenvalue weighted by Gasteiger charge is -2.14. The summed E-state index contributed by atoms with van der Waals surface area (Å²) in [5.41, 5.74) is 8.08. The van der Waals surface area contributed by atoms with E-state index in [0.29, 0.717) is 5.11 Å². The third kappa shape index (κ3) is 5.19. The monoisotopic (exact) mass is 356 g/mol. The van der Waals surface area contributed by atoms with Gasteiger partial charge in [0, 0.05) is 37.1 Å². The standard InChI is InChI=1S/C19H24N4OS/c1-13-6-9-17(14(2)10-13)21-19(25)22-20-12-15-7-8-16(23(3)4)11-18(15)24-5/h6-12H,1-5H3,(H2,21,22,25)/b20-12+. The Labute approximate surface area is 154 Å². The highest BCUT2D eigenvalue weighted by Crippen LogP contribution is 2.23. The van der Waals surface area contributed by atoms with Crippen LogP contribution in [-0.2, 0) is 0 Å². The van der Waals surface area contributed by atoms with E-state index in [1.807, 2.05) is 56.3 Å². The second kappa shape index (κ2) is 8.48. The van der Waals surface area contributed by atoms with E-state index in [1.165, 1.54) is 5.56 Å². The van der Waals surface area contributed by atoms with E-state index in [1.54, 1.807) is 13.3 Å². The number of ether oxygens (including phenoxy) is 1. The van der Waals surface area contributed by atoms with E-state index in [-0.39, 0.29) is 0 Å². The number of benzene rings is 2. The van der Waals surface area contributed by atoms with E-state index >= 15 is 0 Å². The summed E-state index contributed by atoms with van der Waals surface area (Å²) in [6.45, 7) is 4.10. The van der Waals surface area contributed by atoms with Crippen LogP contribution in [0.5, 0.6) is 5.75 Å². The molecule has 0 spiro atoms. The van der Waals surface area contributed by atoms with Crippen molar-refractivity contribution in [2.45, 2.75) is 13.8 Å². The Morgan fingerprint density at radius 3 is 2.56 bits per heavy atom. The Kier molecular flexibility index (Phi) is 6.36. The molecule has 0 amide bonds. The highest BCUT2D eigenvalue weighted by Gasteiger charge is 2.04. The molecule has 0 bridgehead atoms. The first-order valence-corrected chi connectivity index (χ1v) is 8.34. The lowest BCUT2D eigenvalue weighted by molar-refractivity contribution is 0.414. The molecule has 6 heteroatoms. The molecule has 2 aromatic carbocycles. The fourth-order valence-corrected chi connectivity index (χ4v) is 2.51. The van der Waals surface area contributed by atoms with Crippen molar-refractivity contribution in [1.82, 2.24) is 5.43 Å². The molecular weight excluding hydrogens is 332 g/mol. The Morgan fingerprint density at radius 1 is 1.16 bits per heavy atom. The average Bonchev–Trinajstić information content (AvgIpc) is 2.57. The Hall–Kier alpha value is -2.60. The minimum absolute atomic E-state index is 0.437. The van der Waals surface area contributed by atoms with E-state index in [4.69, 9.17) is 17.0 Å². The fourth-order valence-electron chi connectivity index (χ4n) is 2.35. The minimum atomic E-state index is 0.437. The molecule has 0 radical (unpaired) electrons. The molecule has 2 aromatic rings. The summed E-state index contributed by atoms with van der Waals surface area (Å²) in [5, 5.41) is 7.78. The highest BCUT2D eigenvalue weighted by molar-refractivity contribution is 7.80. The number of rotatable bonds is 5. The number of thiocarbonyl (C=S) groups is 1. The fraction of sp³-hybridized carbons (Fsp3) is 0.263. The molecule has 0 atom stereocenters. The maximum atomic E-state index is 5.42. The third-order valence-corrected chi connectivity index (χ3v) is 3.93. The number of hydrogen-bond acceptors (Lipinski definition) is 4. The van der Waals surface area contributed by atoms with Gasteiger partial charge in [0.15, 0.2) is 5.11 Å². The van der Waals surface area contributed by atoms with Gasteiger partial charge >= 0.3 is 0 Å². The second-order valence-corrected chi connectivity index (χ2v) is 6.37. The van der Waals surface area contributed by atoms with Gasteiger partial charge in [0.05, 0.1) is 13.3 Å². The largest absolute Gasteiger partial charge is 0.496 e. The molecule has 25 heavy (non-hydrogen) atoms. The van der Waals surface area contributed by atoms with Crippen molar-refractivity contribution in [3.05, 3.63) is 53.1 Å². The summed E-state index contributed by atoms with van der Waals surface area (Å²) in [6.07, 6.45) is 1.69. The van der Waals surface area contributed by atoms with Crippen molar-refractivity contribution in [3.8, 4) is 5.75 Å². The lowest BCUT2D eigenvalue weighted by atomic mass is 10.1. The maximum Gasteiger partial charge on any atom is 0.191 e. The molecule has 5 nitrogen and oxygen atoms in total.